The van der Waals surface area contributed by atoms with Gasteiger partial charge in [0.15, 0.2) is 0 Å². The van der Waals surface area contributed by atoms with Crippen LogP contribution < -0.4 is 5.32 Å². The molecule has 0 unspecified atom stereocenters. The Balaban J connectivity index is 2.10. The third-order valence-electron chi connectivity index (χ3n) is 3.32. The molecule has 0 aromatic heterocycles. The third kappa shape index (κ3) is 2.61. The lowest BCUT2D eigenvalue weighted by atomic mass is 9.99. The van der Waals surface area contributed by atoms with Crippen LogP contribution in [0.25, 0.3) is 11.1 Å². The number of carbonyl (C=O) groups is 1. The molecule has 0 fully saturated rings. The Kier molecular flexibility index (Phi) is 3.17. The first-order chi connectivity index (χ1) is 9.84. The van der Waals surface area contributed by atoms with Crippen molar-refractivity contribution in [2.45, 2.75) is 12.6 Å². The number of benzene rings is 2. The van der Waals surface area contributed by atoms with Crippen LogP contribution in [0.1, 0.15) is 11.1 Å². The van der Waals surface area contributed by atoms with E-state index in [1.807, 2.05) is 0 Å². The second-order valence-corrected chi connectivity index (χ2v) is 5.20. The Labute approximate surface area is 123 Å². The van der Waals surface area contributed by atoms with Crippen LogP contribution in [-0.4, -0.2) is 5.91 Å². The molecule has 6 heteroatoms. The van der Waals surface area contributed by atoms with Crippen LogP contribution in [0.3, 0.4) is 0 Å². The van der Waals surface area contributed by atoms with Crippen molar-refractivity contribution in [3.8, 4) is 11.1 Å². The molecule has 0 radical (unpaired) electrons. The second kappa shape index (κ2) is 4.77. The van der Waals surface area contributed by atoms with Crippen LogP contribution in [0.15, 0.2) is 36.4 Å². The minimum absolute atomic E-state index is 0.151. The highest BCUT2D eigenvalue weighted by Gasteiger charge is 2.30. The monoisotopic (exact) mass is 311 g/mol. The molecule has 3 rings (SSSR count). The topological polar surface area (TPSA) is 29.1 Å². The van der Waals surface area contributed by atoms with E-state index in [1.54, 1.807) is 18.2 Å². The summed E-state index contributed by atoms with van der Waals surface area (Å²) in [6.45, 7) is 0. The molecule has 0 saturated heterocycles. The van der Waals surface area contributed by atoms with Gasteiger partial charge in [0.1, 0.15) is 0 Å². The van der Waals surface area contributed by atoms with Crippen LogP contribution in [0.2, 0.25) is 5.02 Å². The van der Waals surface area contributed by atoms with Crippen LogP contribution in [0.4, 0.5) is 18.9 Å². The predicted molar refractivity (Wildman–Crippen MR) is 74.2 cm³/mol. The van der Waals surface area contributed by atoms with E-state index in [0.29, 0.717) is 21.8 Å². The lowest BCUT2D eigenvalue weighted by molar-refractivity contribution is -0.137. The van der Waals surface area contributed by atoms with Gasteiger partial charge in [-0.05, 0) is 35.4 Å². The van der Waals surface area contributed by atoms with Gasteiger partial charge < -0.3 is 5.32 Å². The largest absolute Gasteiger partial charge is 0.416 e. The van der Waals surface area contributed by atoms with Gasteiger partial charge in [-0.3, -0.25) is 4.79 Å². The first kappa shape index (κ1) is 13.9. The van der Waals surface area contributed by atoms with Crippen molar-refractivity contribution in [3.05, 3.63) is 52.5 Å². The molecule has 2 aromatic rings. The minimum atomic E-state index is -4.41. The van der Waals surface area contributed by atoms with E-state index in [2.05, 4.69) is 5.32 Å². The van der Waals surface area contributed by atoms with Gasteiger partial charge >= 0.3 is 6.18 Å². The molecule has 2 aromatic carbocycles. The van der Waals surface area contributed by atoms with Gasteiger partial charge in [-0.1, -0.05) is 23.7 Å². The average Bonchev–Trinajstić information content (AvgIpc) is 2.76. The highest BCUT2D eigenvalue weighted by molar-refractivity contribution is 6.34. The average molecular weight is 312 g/mol. The summed E-state index contributed by atoms with van der Waals surface area (Å²) in [5.74, 6) is -0.151. The smallest absolute Gasteiger partial charge is 0.325 e. The van der Waals surface area contributed by atoms with E-state index >= 15 is 0 Å². The quantitative estimate of drug-likeness (QED) is 0.824. The van der Waals surface area contributed by atoms with Gasteiger partial charge in [-0.2, -0.15) is 13.2 Å². The fourth-order valence-electron chi connectivity index (χ4n) is 2.33. The van der Waals surface area contributed by atoms with Crippen molar-refractivity contribution in [3.63, 3.8) is 0 Å². The number of hydrogen-bond donors (Lipinski definition) is 1. The summed E-state index contributed by atoms with van der Waals surface area (Å²) in [7, 11) is 0. The summed E-state index contributed by atoms with van der Waals surface area (Å²) in [5, 5.41) is 2.95. The van der Waals surface area contributed by atoms with E-state index in [1.165, 1.54) is 6.07 Å². The molecule has 1 N–H and O–H groups in total. The maximum atomic E-state index is 12.8. The molecular weight excluding hydrogens is 303 g/mol. The summed E-state index contributed by atoms with van der Waals surface area (Å²) >= 11 is 6.12. The fourth-order valence-corrected chi connectivity index (χ4v) is 2.61. The van der Waals surface area contributed by atoms with Gasteiger partial charge in [-0.15, -0.1) is 0 Å². The maximum Gasteiger partial charge on any atom is 0.416 e. The lowest BCUT2D eigenvalue weighted by Crippen LogP contribution is -2.04. The predicted octanol–water partition coefficient (Wildman–Crippen LogP) is 4.52. The molecule has 21 heavy (non-hydrogen) atoms. The zero-order valence-corrected chi connectivity index (χ0v) is 11.3. The van der Waals surface area contributed by atoms with Gasteiger partial charge in [0, 0.05) is 11.3 Å². The van der Waals surface area contributed by atoms with E-state index in [9.17, 15) is 18.0 Å². The Morgan fingerprint density at radius 3 is 2.62 bits per heavy atom. The van der Waals surface area contributed by atoms with E-state index in [0.717, 1.165) is 17.7 Å². The number of fused-ring (bicyclic) bond motifs is 1. The maximum absolute atomic E-state index is 12.8. The molecule has 108 valence electrons. The van der Waals surface area contributed by atoms with Crippen LogP contribution in [-0.2, 0) is 17.4 Å². The van der Waals surface area contributed by atoms with Crippen molar-refractivity contribution in [2.75, 3.05) is 5.32 Å². The molecule has 2 nitrogen and oxygen atoms in total. The Morgan fingerprint density at radius 1 is 1.14 bits per heavy atom. The van der Waals surface area contributed by atoms with Crippen molar-refractivity contribution >= 4 is 23.2 Å². The number of nitrogens with one attached hydrogen (secondary N) is 1. The van der Waals surface area contributed by atoms with Crippen molar-refractivity contribution in [1.82, 2.24) is 0 Å². The summed E-state index contributed by atoms with van der Waals surface area (Å²) in [5.41, 5.74) is 1.47. The number of halogens is 4. The molecule has 0 atom stereocenters. The number of hydrogen-bond acceptors (Lipinski definition) is 1. The van der Waals surface area contributed by atoms with Crippen molar-refractivity contribution in [2.24, 2.45) is 0 Å². The van der Waals surface area contributed by atoms with Crippen LogP contribution in [0.5, 0.6) is 0 Å². The Bertz CT molecular complexity index is 740. The lowest BCUT2D eigenvalue weighted by Gasteiger charge is -2.11. The molecule has 1 amide bonds. The third-order valence-corrected chi connectivity index (χ3v) is 3.63. The highest BCUT2D eigenvalue weighted by atomic mass is 35.5. The SMILES string of the molecule is O=C1Cc2cc(-c3cccc(C(F)(F)F)c3)c(Cl)cc2N1. The Morgan fingerprint density at radius 2 is 1.90 bits per heavy atom. The zero-order chi connectivity index (χ0) is 15.2. The van der Waals surface area contributed by atoms with Gasteiger partial charge in [-0.25, -0.2) is 0 Å². The first-order valence-electron chi connectivity index (χ1n) is 6.14. The molecule has 1 heterocycles. The van der Waals surface area contributed by atoms with Crippen LogP contribution >= 0.6 is 11.6 Å². The standard InChI is InChI=1S/C15H9ClF3NO/c16-12-7-13-9(6-14(21)20-13)5-11(12)8-2-1-3-10(4-8)15(17,18)19/h1-5,7H,6H2,(H,20,21). The zero-order valence-electron chi connectivity index (χ0n) is 10.6. The van der Waals surface area contributed by atoms with Gasteiger partial charge in [0.25, 0.3) is 0 Å². The van der Waals surface area contributed by atoms with Crippen molar-refractivity contribution < 1.29 is 18.0 Å². The van der Waals surface area contributed by atoms with Gasteiger partial charge in [0.2, 0.25) is 5.91 Å². The number of anilines is 1. The summed E-state index contributed by atoms with van der Waals surface area (Å²) in [4.78, 5) is 11.3. The molecule has 1 aliphatic heterocycles. The Hall–Kier alpha value is -2.01. The molecule has 0 saturated carbocycles. The minimum Gasteiger partial charge on any atom is -0.325 e. The number of carbonyl (C=O) groups excluding carboxylic acids is 1. The molecule has 0 aliphatic carbocycles. The number of alkyl halides is 3. The van der Waals surface area contributed by atoms with Crippen molar-refractivity contribution in [1.29, 1.82) is 0 Å². The van der Waals surface area contributed by atoms with E-state index in [4.69, 9.17) is 11.6 Å². The van der Waals surface area contributed by atoms with E-state index < -0.39 is 11.7 Å². The number of amides is 1. The first-order valence-corrected chi connectivity index (χ1v) is 6.52. The molecule has 0 spiro atoms. The van der Waals surface area contributed by atoms with Gasteiger partial charge in [0.05, 0.1) is 17.0 Å². The summed E-state index contributed by atoms with van der Waals surface area (Å²) in [6.07, 6.45) is -4.20. The molecule has 1 aliphatic rings. The summed E-state index contributed by atoms with van der Waals surface area (Å²) in [6, 6.07) is 8.19. The molecular formula is C15H9ClF3NO. The van der Waals surface area contributed by atoms with E-state index in [-0.39, 0.29) is 12.3 Å². The normalized spacial score (nSPS) is 14.0. The number of rotatable bonds is 1. The second-order valence-electron chi connectivity index (χ2n) is 4.79. The fraction of sp³-hybridized carbons (Fsp3) is 0.133. The highest BCUT2D eigenvalue weighted by Crippen LogP contribution is 2.38. The van der Waals surface area contributed by atoms with Crippen LogP contribution in [0, 0.1) is 0 Å². The molecule has 0 bridgehead atoms. The summed E-state index contributed by atoms with van der Waals surface area (Å²) < 4.78 is 38.3.